The highest BCUT2D eigenvalue weighted by Crippen LogP contribution is 2.20. The molecule has 6 heteroatoms. The smallest absolute Gasteiger partial charge is 0.220 e. The number of ether oxygens (including phenoxy) is 1. The van der Waals surface area contributed by atoms with Crippen LogP contribution in [0.25, 0.3) is 11.3 Å². The van der Waals surface area contributed by atoms with Gasteiger partial charge in [0.1, 0.15) is 0 Å². The van der Waals surface area contributed by atoms with Crippen LogP contribution in [0.2, 0.25) is 0 Å². The second-order valence-corrected chi connectivity index (χ2v) is 7.50. The predicted molar refractivity (Wildman–Crippen MR) is 115 cm³/mol. The van der Waals surface area contributed by atoms with Crippen LogP contribution in [0.15, 0.2) is 71.3 Å². The van der Waals surface area contributed by atoms with E-state index in [0.29, 0.717) is 31.9 Å². The molecule has 0 aliphatic carbocycles. The van der Waals surface area contributed by atoms with Crippen LogP contribution in [-0.2, 0) is 22.5 Å². The van der Waals surface area contributed by atoms with Crippen molar-refractivity contribution in [3.8, 4) is 11.3 Å². The third-order valence-electron chi connectivity index (χ3n) is 5.18. The average Bonchev–Trinajstić information content (AvgIpc) is 3.27. The summed E-state index contributed by atoms with van der Waals surface area (Å²) in [7, 11) is 0. The molecular weight excluding hydrogens is 378 g/mol. The quantitative estimate of drug-likeness (QED) is 0.623. The summed E-state index contributed by atoms with van der Waals surface area (Å²) >= 11 is 0. The van der Waals surface area contributed by atoms with Crippen LogP contribution in [0.3, 0.4) is 0 Å². The Labute approximate surface area is 176 Å². The van der Waals surface area contributed by atoms with Gasteiger partial charge in [-0.1, -0.05) is 60.7 Å². The van der Waals surface area contributed by atoms with Gasteiger partial charge >= 0.3 is 0 Å². The van der Waals surface area contributed by atoms with E-state index in [1.807, 2.05) is 36.4 Å². The molecule has 30 heavy (non-hydrogen) atoms. The standard InChI is InChI=1S/C24H27N3O3/c28-23(11-12-24-26-16-22(30-24)20-9-5-2-6-10-20)25-15-21-18-27(13-14-29-21)17-19-7-3-1-4-8-19/h1-10,16,21H,11-15,17-18H2,(H,25,28). The van der Waals surface area contributed by atoms with E-state index >= 15 is 0 Å². The number of nitrogens with one attached hydrogen (secondary N) is 1. The summed E-state index contributed by atoms with van der Waals surface area (Å²) in [5.41, 5.74) is 2.28. The monoisotopic (exact) mass is 405 g/mol. The van der Waals surface area contributed by atoms with Crippen molar-refractivity contribution in [2.24, 2.45) is 0 Å². The number of morpholine rings is 1. The Morgan fingerprint density at radius 2 is 1.87 bits per heavy atom. The molecule has 2 aromatic carbocycles. The van der Waals surface area contributed by atoms with Gasteiger partial charge in [-0.3, -0.25) is 9.69 Å². The molecule has 1 aliphatic heterocycles. The van der Waals surface area contributed by atoms with Crippen LogP contribution in [0, 0.1) is 0 Å². The Kier molecular flexibility index (Phi) is 6.90. The van der Waals surface area contributed by atoms with Gasteiger partial charge in [-0.05, 0) is 5.56 Å². The highest BCUT2D eigenvalue weighted by molar-refractivity contribution is 5.76. The van der Waals surface area contributed by atoms with E-state index in [2.05, 4.69) is 39.5 Å². The molecule has 1 N–H and O–H groups in total. The van der Waals surface area contributed by atoms with Gasteiger partial charge in [0.2, 0.25) is 5.91 Å². The van der Waals surface area contributed by atoms with E-state index in [1.54, 1.807) is 6.20 Å². The van der Waals surface area contributed by atoms with E-state index < -0.39 is 0 Å². The first-order valence-electron chi connectivity index (χ1n) is 10.4. The SMILES string of the molecule is O=C(CCc1ncc(-c2ccccc2)o1)NCC1CN(Cc2ccccc2)CCO1. The number of benzene rings is 2. The number of carbonyl (C=O) groups excluding carboxylic acids is 1. The average molecular weight is 405 g/mol. The molecule has 1 saturated heterocycles. The lowest BCUT2D eigenvalue weighted by molar-refractivity contribution is -0.122. The predicted octanol–water partition coefficient (Wildman–Crippen LogP) is 3.29. The number of hydrogen-bond acceptors (Lipinski definition) is 5. The number of hydrogen-bond donors (Lipinski definition) is 1. The molecule has 1 atom stereocenters. The highest BCUT2D eigenvalue weighted by atomic mass is 16.5. The summed E-state index contributed by atoms with van der Waals surface area (Å²) < 4.78 is 11.6. The first-order chi connectivity index (χ1) is 14.8. The van der Waals surface area contributed by atoms with Crippen molar-refractivity contribution in [1.82, 2.24) is 15.2 Å². The van der Waals surface area contributed by atoms with Gasteiger partial charge in [-0.2, -0.15) is 0 Å². The third-order valence-corrected chi connectivity index (χ3v) is 5.18. The van der Waals surface area contributed by atoms with E-state index in [4.69, 9.17) is 9.15 Å². The normalized spacial score (nSPS) is 17.0. The lowest BCUT2D eigenvalue weighted by Crippen LogP contribution is -2.47. The number of amides is 1. The van der Waals surface area contributed by atoms with E-state index in [0.717, 1.165) is 31.0 Å². The Morgan fingerprint density at radius 3 is 2.67 bits per heavy atom. The maximum Gasteiger partial charge on any atom is 0.220 e. The van der Waals surface area contributed by atoms with Crippen molar-refractivity contribution >= 4 is 5.91 Å². The van der Waals surface area contributed by atoms with Gasteiger partial charge in [0.05, 0.1) is 18.9 Å². The largest absolute Gasteiger partial charge is 0.441 e. The first-order valence-corrected chi connectivity index (χ1v) is 10.4. The fourth-order valence-electron chi connectivity index (χ4n) is 3.59. The minimum Gasteiger partial charge on any atom is -0.441 e. The van der Waals surface area contributed by atoms with Crippen LogP contribution < -0.4 is 5.32 Å². The molecular formula is C24H27N3O3. The number of oxazole rings is 1. The number of aryl methyl sites for hydroxylation is 1. The first kappa shape index (κ1) is 20.3. The molecule has 1 fully saturated rings. The van der Waals surface area contributed by atoms with Gasteiger partial charge in [-0.25, -0.2) is 4.98 Å². The van der Waals surface area contributed by atoms with Gasteiger partial charge < -0.3 is 14.5 Å². The Balaban J connectivity index is 1.19. The molecule has 0 spiro atoms. The Bertz CT molecular complexity index is 927. The third kappa shape index (κ3) is 5.78. The molecule has 1 aromatic heterocycles. The van der Waals surface area contributed by atoms with Crippen molar-refractivity contribution in [3.05, 3.63) is 78.3 Å². The maximum atomic E-state index is 12.3. The fraction of sp³-hybridized carbons (Fsp3) is 0.333. The Hall–Kier alpha value is -2.96. The molecule has 6 nitrogen and oxygen atoms in total. The topological polar surface area (TPSA) is 67.6 Å². The van der Waals surface area contributed by atoms with Crippen molar-refractivity contribution in [1.29, 1.82) is 0 Å². The molecule has 1 aliphatic rings. The van der Waals surface area contributed by atoms with Gasteiger partial charge in [-0.15, -0.1) is 0 Å². The van der Waals surface area contributed by atoms with Crippen molar-refractivity contribution in [3.63, 3.8) is 0 Å². The highest BCUT2D eigenvalue weighted by Gasteiger charge is 2.21. The number of nitrogens with zero attached hydrogens (tertiary/aromatic N) is 2. The number of aromatic nitrogens is 1. The van der Waals surface area contributed by atoms with Gasteiger partial charge in [0, 0.05) is 44.6 Å². The molecule has 3 aromatic rings. The molecule has 0 radical (unpaired) electrons. The van der Waals surface area contributed by atoms with E-state index in [-0.39, 0.29) is 12.0 Å². The number of carbonyl (C=O) groups is 1. The molecule has 4 rings (SSSR count). The maximum absolute atomic E-state index is 12.3. The van der Waals surface area contributed by atoms with E-state index in [9.17, 15) is 4.79 Å². The second kappa shape index (κ2) is 10.2. The molecule has 0 saturated carbocycles. The minimum absolute atomic E-state index is 0.0119. The lowest BCUT2D eigenvalue weighted by Gasteiger charge is -2.33. The zero-order valence-corrected chi connectivity index (χ0v) is 17.0. The van der Waals surface area contributed by atoms with Crippen LogP contribution in [0.4, 0.5) is 0 Å². The summed E-state index contributed by atoms with van der Waals surface area (Å²) in [4.78, 5) is 18.9. The zero-order chi connectivity index (χ0) is 20.6. The van der Waals surface area contributed by atoms with E-state index in [1.165, 1.54) is 5.56 Å². The summed E-state index contributed by atoms with van der Waals surface area (Å²) in [5.74, 6) is 1.28. The molecule has 0 bridgehead atoms. The van der Waals surface area contributed by atoms with Crippen LogP contribution in [0.1, 0.15) is 17.9 Å². The van der Waals surface area contributed by atoms with Crippen molar-refractivity contribution in [2.75, 3.05) is 26.2 Å². The van der Waals surface area contributed by atoms with Gasteiger partial charge in [0.25, 0.3) is 0 Å². The Morgan fingerprint density at radius 1 is 1.10 bits per heavy atom. The zero-order valence-electron chi connectivity index (χ0n) is 17.0. The van der Waals surface area contributed by atoms with Crippen LogP contribution in [-0.4, -0.2) is 48.1 Å². The summed E-state index contributed by atoms with van der Waals surface area (Å²) in [6, 6.07) is 20.2. The molecule has 1 unspecified atom stereocenters. The lowest BCUT2D eigenvalue weighted by atomic mass is 10.2. The van der Waals surface area contributed by atoms with Crippen molar-refractivity contribution in [2.45, 2.75) is 25.5 Å². The molecule has 2 heterocycles. The van der Waals surface area contributed by atoms with Crippen LogP contribution in [0.5, 0.6) is 0 Å². The summed E-state index contributed by atoms with van der Waals surface area (Å²) in [6.45, 7) is 3.84. The molecule has 1 amide bonds. The van der Waals surface area contributed by atoms with Crippen LogP contribution >= 0.6 is 0 Å². The summed E-state index contributed by atoms with van der Waals surface area (Å²) in [6.07, 6.45) is 2.54. The van der Waals surface area contributed by atoms with Gasteiger partial charge in [0.15, 0.2) is 11.7 Å². The van der Waals surface area contributed by atoms with Crippen molar-refractivity contribution < 1.29 is 13.9 Å². The fourth-order valence-corrected chi connectivity index (χ4v) is 3.59. The minimum atomic E-state index is -0.0155. The molecule has 156 valence electrons. The summed E-state index contributed by atoms with van der Waals surface area (Å²) in [5, 5.41) is 2.99. The number of rotatable bonds is 8. The second-order valence-electron chi connectivity index (χ2n) is 7.50.